The molecule has 11 unspecified atom stereocenters. The molecule has 0 heterocycles. The fourth-order valence-electron chi connectivity index (χ4n) is 11.9. The molecular formula is C41H66Si2Zr. The molecule has 0 radical (unpaired) electrons. The SMILES string of the molecule is CCCCC1CCC([SiH](C)[SiH](C)C2C(C)CC3C2CC2CCCC2C3C2c3ccccc3-c3ccccc32)C1.[CH3-].[CH3-].[CH3-].[CH3-].[Zr+4]. The maximum absolute atomic E-state index is 2.91. The molecule has 5 aliphatic rings. The number of benzene rings is 2. The van der Waals surface area contributed by atoms with Crippen molar-refractivity contribution in [3.8, 4) is 11.1 Å². The molecule has 3 heteroatoms. The third kappa shape index (κ3) is 6.83. The van der Waals surface area contributed by atoms with Crippen molar-refractivity contribution in [2.24, 2.45) is 41.4 Å². The zero-order valence-corrected chi connectivity index (χ0v) is 34.6. The van der Waals surface area contributed by atoms with Crippen molar-refractivity contribution >= 4 is 16.6 Å². The zero-order chi connectivity index (χ0) is 26.7. The van der Waals surface area contributed by atoms with Crippen LogP contribution in [0, 0.1) is 71.1 Å². The minimum Gasteiger partial charge on any atom is -0.358 e. The number of hydrogen-bond acceptors (Lipinski definition) is 0. The van der Waals surface area contributed by atoms with Gasteiger partial charge in [0.1, 0.15) is 0 Å². The molecule has 0 amide bonds. The van der Waals surface area contributed by atoms with E-state index in [2.05, 4.69) is 75.5 Å². The van der Waals surface area contributed by atoms with Crippen molar-refractivity contribution in [3.05, 3.63) is 89.4 Å². The molecule has 2 aromatic rings. The van der Waals surface area contributed by atoms with E-state index in [1.165, 1.54) is 44.1 Å². The maximum atomic E-state index is 2.91. The van der Waals surface area contributed by atoms with Crippen LogP contribution >= 0.6 is 0 Å². The molecule has 4 saturated carbocycles. The molecular weight excluding hydrogens is 640 g/mol. The van der Waals surface area contributed by atoms with Gasteiger partial charge in [-0.1, -0.05) is 132 Å². The molecule has 0 aromatic heterocycles. The average molecular weight is 706 g/mol. The number of rotatable bonds is 7. The average Bonchev–Trinajstić information content (AvgIpc) is 3.74. The topological polar surface area (TPSA) is 0 Å². The van der Waals surface area contributed by atoms with Crippen LogP contribution in [-0.4, -0.2) is 16.6 Å². The monoisotopic (exact) mass is 704 g/mol. The van der Waals surface area contributed by atoms with E-state index in [9.17, 15) is 0 Å². The van der Waals surface area contributed by atoms with Crippen LogP contribution in [0.15, 0.2) is 48.5 Å². The van der Waals surface area contributed by atoms with Gasteiger partial charge in [0.15, 0.2) is 0 Å². The molecule has 2 aromatic carbocycles. The first-order chi connectivity index (χ1) is 19.1. The summed E-state index contributed by atoms with van der Waals surface area (Å²) < 4.78 is 0. The standard InChI is InChI=1S/C37H54Si2.4CH3.Zr/c1-5-6-12-25-19-20-27(22-25)38(3)39(4)37-24(2)21-33-34(37)23-26-13-11-18-28(26)35(33)36-31-16-9-7-14-29(31)30-15-8-10-17-32(30)36;;;;;/h7-10,14-17,24-28,33-39H,5-6,11-13,18-23H2,1-4H3;4*1H3;/q;4*-1;+4. The van der Waals surface area contributed by atoms with Crippen molar-refractivity contribution in [1.82, 2.24) is 0 Å². The van der Waals surface area contributed by atoms with Crippen molar-refractivity contribution in [3.63, 3.8) is 0 Å². The van der Waals surface area contributed by atoms with Gasteiger partial charge in [0.2, 0.25) is 0 Å². The van der Waals surface area contributed by atoms with E-state index in [0.717, 1.165) is 47.0 Å². The van der Waals surface area contributed by atoms with Crippen LogP contribution in [0.2, 0.25) is 24.2 Å². The van der Waals surface area contributed by atoms with Crippen molar-refractivity contribution < 1.29 is 26.2 Å². The van der Waals surface area contributed by atoms with Gasteiger partial charge in [-0.3, -0.25) is 0 Å². The molecule has 0 N–H and O–H groups in total. The van der Waals surface area contributed by atoms with E-state index < -0.39 is 16.6 Å². The normalized spacial score (nSPS) is 34.3. The van der Waals surface area contributed by atoms with Gasteiger partial charge in [0.05, 0.1) is 0 Å². The first-order valence-electron chi connectivity index (χ1n) is 17.2. The summed E-state index contributed by atoms with van der Waals surface area (Å²) in [5.74, 6) is 7.64. The van der Waals surface area contributed by atoms with Gasteiger partial charge < -0.3 is 29.7 Å². The molecule has 11 atom stereocenters. The van der Waals surface area contributed by atoms with Gasteiger partial charge in [0.25, 0.3) is 0 Å². The van der Waals surface area contributed by atoms with E-state index in [1.54, 1.807) is 54.4 Å². The van der Waals surface area contributed by atoms with Crippen molar-refractivity contribution in [2.45, 2.75) is 115 Å². The first-order valence-corrected chi connectivity index (χ1v) is 23.6. The van der Waals surface area contributed by atoms with Gasteiger partial charge in [-0.05, 0) is 88.5 Å². The summed E-state index contributed by atoms with van der Waals surface area (Å²) in [6, 6.07) is 19.1. The summed E-state index contributed by atoms with van der Waals surface area (Å²) in [5.41, 5.74) is 8.81. The summed E-state index contributed by atoms with van der Waals surface area (Å²) in [7, 11) is -1.33. The molecule has 4 fully saturated rings. The fraction of sp³-hybridized carbons (Fsp3) is 0.610. The summed E-state index contributed by atoms with van der Waals surface area (Å²) in [6.07, 6.45) is 16.9. The van der Waals surface area contributed by atoms with Gasteiger partial charge in [0, 0.05) is 22.5 Å². The maximum Gasteiger partial charge on any atom is 4.00 e. The molecule has 44 heavy (non-hydrogen) atoms. The summed E-state index contributed by atoms with van der Waals surface area (Å²) in [4.78, 5) is 0. The Morgan fingerprint density at radius 1 is 0.705 bits per heavy atom. The van der Waals surface area contributed by atoms with E-state index >= 15 is 0 Å². The van der Waals surface area contributed by atoms with E-state index in [-0.39, 0.29) is 55.9 Å². The summed E-state index contributed by atoms with van der Waals surface area (Å²) in [5, 5.41) is 0. The van der Waals surface area contributed by atoms with Crippen LogP contribution in [0.3, 0.4) is 0 Å². The Labute approximate surface area is 297 Å². The van der Waals surface area contributed by atoms with Gasteiger partial charge in [-0.15, -0.1) is 0 Å². The van der Waals surface area contributed by atoms with E-state index in [1.807, 2.05) is 0 Å². The van der Waals surface area contributed by atoms with Gasteiger partial charge in [-0.25, -0.2) is 0 Å². The predicted octanol–water partition coefficient (Wildman–Crippen LogP) is 11.8. The Kier molecular flexibility index (Phi) is 15.2. The summed E-state index contributed by atoms with van der Waals surface area (Å²) >= 11 is 0. The van der Waals surface area contributed by atoms with E-state index in [0.29, 0.717) is 5.92 Å². The van der Waals surface area contributed by atoms with Crippen LogP contribution in [0.1, 0.15) is 102 Å². The Morgan fingerprint density at radius 3 is 1.98 bits per heavy atom. The minimum absolute atomic E-state index is 0. The second-order valence-electron chi connectivity index (χ2n) is 15.2. The van der Waals surface area contributed by atoms with Crippen LogP contribution in [0.5, 0.6) is 0 Å². The smallest absolute Gasteiger partial charge is 0.358 e. The first kappa shape index (κ1) is 39.9. The summed E-state index contributed by atoms with van der Waals surface area (Å²) in [6.45, 7) is 10.9. The molecule has 0 saturated heterocycles. The van der Waals surface area contributed by atoms with Crippen molar-refractivity contribution in [2.75, 3.05) is 0 Å². The molecule has 5 aliphatic carbocycles. The van der Waals surface area contributed by atoms with Gasteiger partial charge >= 0.3 is 26.2 Å². The molecule has 0 aliphatic heterocycles. The quantitative estimate of drug-likeness (QED) is 0.199. The van der Waals surface area contributed by atoms with Crippen LogP contribution in [0.4, 0.5) is 0 Å². The van der Waals surface area contributed by atoms with E-state index in [4.69, 9.17) is 0 Å². The van der Waals surface area contributed by atoms with Crippen LogP contribution in [-0.2, 0) is 26.2 Å². The molecule has 0 bridgehead atoms. The molecule has 0 nitrogen and oxygen atoms in total. The second kappa shape index (κ2) is 16.7. The molecule has 7 rings (SSSR count). The predicted molar refractivity (Wildman–Crippen MR) is 199 cm³/mol. The number of unbranched alkanes of at least 4 members (excludes halogenated alkanes) is 1. The zero-order valence-electron chi connectivity index (χ0n) is 29.8. The number of hydrogen-bond donors (Lipinski definition) is 0. The Hall–Kier alpha value is -0.243. The minimum atomic E-state index is -0.704. The Balaban J connectivity index is 0.00000135. The fourth-order valence-corrected chi connectivity index (χ4v) is 25.1. The van der Waals surface area contributed by atoms with Gasteiger partial charge in [-0.2, -0.15) is 0 Å². The molecule has 242 valence electrons. The largest absolute Gasteiger partial charge is 4.00 e. The third-order valence-electron chi connectivity index (χ3n) is 13.6. The number of fused-ring (bicyclic) bond motifs is 5. The van der Waals surface area contributed by atoms with Crippen LogP contribution in [0.25, 0.3) is 11.1 Å². The second-order valence-corrected chi connectivity index (χ2v) is 26.7. The van der Waals surface area contributed by atoms with Crippen molar-refractivity contribution in [1.29, 1.82) is 0 Å². The third-order valence-corrected chi connectivity index (χ3v) is 27.7. The van der Waals surface area contributed by atoms with Crippen LogP contribution < -0.4 is 0 Å². The Morgan fingerprint density at radius 2 is 1.34 bits per heavy atom. The Bertz CT molecular complexity index is 1120. The molecule has 0 spiro atoms.